The highest BCUT2D eigenvalue weighted by molar-refractivity contribution is 5.80. The first-order valence-electron chi connectivity index (χ1n) is 10.1. The monoisotopic (exact) mass is 371 g/mol. The van der Waals surface area contributed by atoms with Gasteiger partial charge in [-0.3, -0.25) is 4.79 Å². The molecule has 3 fully saturated rings. The van der Waals surface area contributed by atoms with E-state index in [0.717, 1.165) is 44.7 Å². The second-order valence-electron chi connectivity index (χ2n) is 8.16. The molecule has 27 heavy (non-hydrogen) atoms. The van der Waals surface area contributed by atoms with E-state index >= 15 is 0 Å². The predicted octanol–water partition coefficient (Wildman–Crippen LogP) is 1.70. The van der Waals surface area contributed by atoms with Gasteiger partial charge in [0.2, 0.25) is 5.91 Å². The molecule has 0 aliphatic carbocycles. The summed E-state index contributed by atoms with van der Waals surface area (Å²) in [5.74, 6) is 1.20. The summed E-state index contributed by atoms with van der Waals surface area (Å²) in [6.45, 7) is 7.08. The standard InChI is InChI=1S/C20H29N5O2/c1-14(2)19(26)24-12-8-17-16(13-24)22-20(27)25(17)15-6-10-23(11-7-15)18-5-3-4-9-21-18/h3-5,9,14-17H,6-8,10-13H2,1-2H3,(H,22,27). The average Bonchev–Trinajstić information content (AvgIpc) is 3.03. The Kier molecular flexibility index (Phi) is 4.93. The average molecular weight is 371 g/mol. The number of fused-ring (bicyclic) bond motifs is 1. The normalized spacial score (nSPS) is 26.3. The fourth-order valence-electron chi connectivity index (χ4n) is 4.71. The molecule has 2 atom stereocenters. The van der Waals surface area contributed by atoms with Gasteiger partial charge in [0.25, 0.3) is 0 Å². The highest BCUT2D eigenvalue weighted by Crippen LogP contribution is 2.30. The van der Waals surface area contributed by atoms with Gasteiger partial charge < -0.3 is 20.0 Å². The Morgan fingerprint density at radius 3 is 2.63 bits per heavy atom. The van der Waals surface area contributed by atoms with Gasteiger partial charge in [-0.05, 0) is 31.4 Å². The van der Waals surface area contributed by atoms with Gasteiger partial charge in [-0.1, -0.05) is 19.9 Å². The number of carbonyl (C=O) groups excluding carboxylic acids is 2. The third-order valence-electron chi connectivity index (χ3n) is 6.11. The summed E-state index contributed by atoms with van der Waals surface area (Å²) in [6, 6.07) is 6.57. The summed E-state index contributed by atoms with van der Waals surface area (Å²) >= 11 is 0. The van der Waals surface area contributed by atoms with Crippen LogP contribution in [-0.2, 0) is 4.79 Å². The van der Waals surface area contributed by atoms with E-state index in [1.165, 1.54) is 0 Å². The number of amides is 3. The molecule has 3 saturated heterocycles. The minimum Gasteiger partial charge on any atom is -0.356 e. The Bertz CT molecular complexity index is 687. The molecule has 7 nitrogen and oxygen atoms in total. The van der Waals surface area contributed by atoms with E-state index < -0.39 is 0 Å². The van der Waals surface area contributed by atoms with E-state index in [9.17, 15) is 9.59 Å². The van der Waals surface area contributed by atoms with Gasteiger partial charge in [-0.25, -0.2) is 9.78 Å². The molecule has 0 saturated carbocycles. The van der Waals surface area contributed by atoms with Crippen LogP contribution in [0, 0.1) is 5.92 Å². The van der Waals surface area contributed by atoms with Gasteiger partial charge >= 0.3 is 6.03 Å². The molecule has 4 heterocycles. The van der Waals surface area contributed by atoms with Crippen LogP contribution in [0.2, 0.25) is 0 Å². The Morgan fingerprint density at radius 2 is 1.96 bits per heavy atom. The quantitative estimate of drug-likeness (QED) is 0.878. The van der Waals surface area contributed by atoms with Crippen molar-refractivity contribution in [1.29, 1.82) is 0 Å². The zero-order valence-electron chi connectivity index (χ0n) is 16.2. The van der Waals surface area contributed by atoms with Crippen LogP contribution in [0.15, 0.2) is 24.4 Å². The molecule has 0 spiro atoms. The molecular formula is C20H29N5O2. The number of hydrogen-bond acceptors (Lipinski definition) is 4. The van der Waals surface area contributed by atoms with Gasteiger partial charge in [0.1, 0.15) is 5.82 Å². The van der Waals surface area contributed by atoms with Crippen molar-refractivity contribution < 1.29 is 9.59 Å². The number of nitrogens with one attached hydrogen (secondary N) is 1. The third kappa shape index (κ3) is 3.47. The predicted molar refractivity (Wildman–Crippen MR) is 103 cm³/mol. The highest BCUT2D eigenvalue weighted by Gasteiger charge is 2.46. The number of urea groups is 1. The maximum absolute atomic E-state index is 12.7. The number of likely N-dealkylation sites (tertiary alicyclic amines) is 1. The van der Waals surface area contributed by atoms with Crippen molar-refractivity contribution in [2.24, 2.45) is 5.92 Å². The van der Waals surface area contributed by atoms with E-state index in [1.54, 1.807) is 0 Å². The van der Waals surface area contributed by atoms with E-state index in [4.69, 9.17) is 0 Å². The van der Waals surface area contributed by atoms with Crippen LogP contribution in [0.4, 0.5) is 10.6 Å². The van der Waals surface area contributed by atoms with Crippen LogP contribution in [0.5, 0.6) is 0 Å². The van der Waals surface area contributed by atoms with Crippen LogP contribution < -0.4 is 10.2 Å². The lowest BCUT2D eigenvalue weighted by Gasteiger charge is -2.42. The van der Waals surface area contributed by atoms with Crippen molar-refractivity contribution in [1.82, 2.24) is 20.1 Å². The molecule has 0 aromatic carbocycles. The summed E-state index contributed by atoms with van der Waals surface area (Å²) < 4.78 is 0. The van der Waals surface area contributed by atoms with Crippen LogP contribution in [0.3, 0.4) is 0 Å². The van der Waals surface area contributed by atoms with E-state index in [-0.39, 0.29) is 36.0 Å². The first-order valence-corrected chi connectivity index (χ1v) is 10.1. The minimum atomic E-state index is 0.00526. The minimum absolute atomic E-state index is 0.00526. The lowest BCUT2D eigenvalue weighted by molar-refractivity contribution is -0.136. The molecule has 1 aromatic heterocycles. The number of anilines is 1. The van der Waals surface area contributed by atoms with E-state index in [2.05, 4.69) is 20.1 Å². The molecule has 0 bridgehead atoms. The highest BCUT2D eigenvalue weighted by atomic mass is 16.2. The number of carbonyl (C=O) groups is 2. The van der Waals surface area contributed by atoms with Crippen molar-refractivity contribution >= 4 is 17.8 Å². The van der Waals surface area contributed by atoms with Crippen molar-refractivity contribution in [3.8, 4) is 0 Å². The molecular weight excluding hydrogens is 342 g/mol. The molecule has 0 radical (unpaired) electrons. The Labute approximate surface area is 160 Å². The van der Waals surface area contributed by atoms with Gasteiger partial charge in [-0.15, -0.1) is 0 Å². The van der Waals surface area contributed by atoms with Crippen molar-refractivity contribution in [3.63, 3.8) is 0 Å². The third-order valence-corrected chi connectivity index (χ3v) is 6.11. The lowest BCUT2D eigenvalue weighted by Crippen LogP contribution is -2.56. The van der Waals surface area contributed by atoms with Crippen LogP contribution >= 0.6 is 0 Å². The van der Waals surface area contributed by atoms with Gasteiger partial charge in [0.15, 0.2) is 0 Å². The summed E-state index contributed by atoms with van der Waals surface area (Å²) in [7, 11) is 0. The molecule has 1 aromatic rings. The van der Waals surface area contributed by atoms with E-state index in [0.29, 0.717) is 6.54 Å². The largest absolute Gasteiger partial charge is 0.356 e. The second-order valence-corrected chi connectivity index (χ2v) is 8.16. The summed E-state index contributed by atoms with van der Waals surface area (Å²) in [5, 5.41) is 3.14. The van der Waals surface area contributed by atoms with Crippen LogP contribution in [-0.4, -0.2) is 71.0 Å². The second kappa shape index (κ2) is 7.37. The maximum Gasteiger partial charge on any atom is 0.318 e. The number of pyridine rings is 1. The fraction of sp³-hybridized carbons (Fsp3) is 0.650. The van der Waals surface area contributed by atoms with E-state index in [1.807, 2.05) is 43.1 Å². The SMILES string of the molecule is CC(C)C(=O)N1CCC2C(C1)NC(=O)N2C1CCN(c2ccccn2)CC1. The number of piperidine rings is 2. The van der Waals surface area contributed by atoms with Gasteiger partial charge in [-0.2, -0.15) is 0 Å². The van der Waals surface area contributed by atoms with Crippen molar-refractivity contribution in [2.75, 3.05) is 31.1 Å². The number of hydrogen-bond donors (Lipinski definition) is 1. The van der Waals surface area contributed by atoms with Crippen molar-refractivity contribution in [2.45, 2.75) is 51.2 Å². The van der Waals surface area contributed by atoms with Crippen LogP contribution in [0.25, 0.3) is 0 Å². The lowest BCUT2D eigenvalue weighted by atomic mass is 9.95. The molecule has 2 unspecified atom stereocenters. The smallest absolute Gasteiger partial charge is 0.318 e. The Balaban J connectivity index is 1.38. The number of rotatable bonds is 3. The summed E-state index contributed by atoms with van der Waals surface area (Å²) in [5.41, 5.74) is 0. The van der Waals surface area contributed by atoms with Gasteiger partial charge in [0, 0.05) is 44.3 Å². The zero-order valence-corrected chi connectivity index (χ0v) is 16.2. The van der Waals surface area contributed by atoms with Crippen molar-refractivity contribution in [3.05, 3.63) is 24.4 Å². The first-order chi connectivity index (χ1) is 13.0. The number of aromatic nitrogens is 1. The molecule has 146 valence electrons. The number of nitrogens with zero attached hydrogens (tertiary/aromatic N) is 4. The molecule has 3 amide bonds. The molecule has 3 aliphatic rings. The Hall–Kier alpha value is -2.31. The molecule has 4 rings (SSSR count). The topological polar surface area (TPSA) is 68.8 Å². The first kappa shape index (κ1) is 18.1. The summed E-state index contributed by atoms with van der Waals surface area (Å²) in [6.07, 6.45) is 4.61. The summed E-state index contributed by atoms with van der Waals surface area (Å²) in [4.78, 5) is 35.7. The molecule has 1 N–H and O–H groups in total. The molecule has 7 heteroatoms. The van der Waals surface area contributed by atoms with Crippen LogP contribution in [0.1, 0.15) is 33.1 Å². The molecule has 3 aliphatic heterocycles. The zero-order chi connectivity index (χ0) is 19.0. The Morgan fingerprint density at radius 1 is 1.19 bits per heavy atom. The fourth-order valence-corrected chi connectivity index (χ4v) is 4.71. The van der Waals surface area contributed by atoms with Gasteiger partial charge in [0.05, 0.1) is 12.1 Å². The maximum atomic E-state index is 12.7.